The van der Waals surface area contributed by atoms with Gasteiger partial charge in [0, 0.05) is 30.5 Å². The number of nitrogens with zero attached hydrogens (tertiary/aromatic N) is 1. The molecular formula is C18H26N2O. The minimum atomic E-state index is 0.799. The summed E-state index contributed by atoms with van der Waals surface area (Å²) in [7, 11) is 0. The Morgan fingerprint density at radius 3 is 2.90 bits per heavy atom. The Kier molecular flexibility index (Phi) is 4.61. The molecule has 3 rings (SSSR count). The summed E-state index contributed by atoms with van der Waals surface area (Å²) in [6.07, 6.45) is 2.28. The Bertz CT molecular complexity index is 590. The fraction of sp³-hybridized carbons (Fsp3) is 0.556. The molecule has 1 aromatic carbocycles. The molecule has 3 nitrogen and oxygen atoms in total. The summed E-state index contributed by atoms with van der Waals surface area (Å²) in [6.45, 7) is 10.1. The molecule has 1 aliphatic heterocycles. The number of hydrogen-bond donors (Lipinski definition) is 1. The molecular weight excluding hydrogens is 260 g/mol. The van der Waals surface area contributed by atoms with Crippen LogP contribution in [0.4, 0.5) is 0 Å². The summed E-state index contributed by atoms with van der Waals surface area (Å²) in [5.41, 5.74) is 2.36. The van der Waals surface area contributed by atoms with Crippen molar-refractivity contribution in [3.8, 4) is 0 Å². The molecule has 0 spiro atoms. The van der Waals surface area contributed by atoms with Gasteiger partial charge in [-0.25, -0.2) is 0 Å². The Labute approximate surface area is 127 Å². The van der Waals surface area contributed by atoms with Crippen LogP contribution in [0, 0.1) is 5.92 Å². The van der Waals surface area contributed by atoms with Gasteiger partial charge in [0.2, 0.25) is 0 Å². The summed E-state index contributed by atoms with van der Waals surface area (Å²) < 4.78 is 5.96. The first-order chi connectivity index (χ1) is 10.3. The van der Waals surface area contributed by atoms with E-state index in [1.54, 1.807) is 0 Å². The van der Waals surface area contributed by atoms with E-state index in [0.717, 1.165) is 36.8 Å². The van der Waals surface area contributed by atoms with Crippen LogP contribution < -0.4 is 5.32 Å². The number of hydrogen-bond acceptors (Lipinski definition) is 3. The molecule has 0 aliphatic carbocycles. The highest BCUT2D eigenvalue weighted by Crippen LogP contribution is 2.26. The minimum Gasteiger partial charge on any atom is -0.461 e. The van der Waals surface area contributed by atoms with Crippen molar-refractivity contribution in [3.63, 3.8) is 0 Å². The zero-order chi connectivity index (χ0) is 14.7. The highest BCUT2D eigenvalue weighted by molar-refractivity contribution is 5.82. The number of furan rings is 1. The number of benzene rings is 1. The van der Waals surface area contributed by atoms with Crippen LogP contribution in [-0.2, 0) is 13.0 Å². The van der Waals surface area contributed by atoms with E-state index in [-0.39, 0.29) is 0 Å². The Morgan fingerprint density at radius 1 is 1.29 bits per heavy atom. The van der Waals surface area contributed by atoms with Crippen LogP contribution in [-0.4, -0.2) is 31.1 Å². The maximum Gasteiger partial charge on any atom is 0.134 e. The largest absolute Gasteiger partial charge is 0.461 e. The van der Waals surface area contributed by atoms with Gasteiger partial charge in [-0.1, -0.05) is 32.0 Å². The van der Waals surface area contributed by atoms with Gasteiger partial charge in [0.05, 0.1) is 0 Å². The highest BCUT2D eigenvalue weighted by Gasteiger charge is 2.21. The lowest BCUT2D eigenvalue weighted by Crippen LogP contribution is -2.26. The summed E-state index contributed by atoms with van der Waals surface area (Å²) in [5.74, 6) is 1.93. The average Bonchev–Trinajstić information content (AvgIpc) is 3.12. The Balaban J connectivity index is 1.62. The van der Waals surface area contributed by atoms with Crippen molar-refractivity contribution in [1.82, 2.24) is 10.2 Å². The van der Waals surface area contributed by atoms with Crippen LogP contribution in [0.25, 0.3) is 11.0 Å². The van der Waals surface area contributed by atoms with Gasteiger partial charge >= 0.3 is 0 Å². The van der Waals surface area contributed by atoms with E-state index < -0.39 is 0 Å². The lowest BCUT2D eigenvalue weighted by Gasteiger charge is -2.13. The van der Waals surface area contributed by atoms with Gasteiger partial charge in [0.1, 0.15) is 11.3 Å². The van der Waals surface area contributed by atoms with Gasteiger partial charge in [-0.2, -0.15) is 0 Å². The standard InChI is InChI=1S/C18H26N2O/c1-3-17-16(15-7-5-6-8-18(15)21-17)12-19-11-14-9-10-20(4-2)13-14/h5-8,14,19H,3-4,9-13H2,1-2H3. The van der Waals surface area contributed by atoms with Gasteiger partial charge < -0.3 is 14.6 Å². The first-order valence-electron chi connectivity index (χ1n) is 8.24. The van der Waals surface area contributed by atoms with Crippen molar-refractivity contribution in [2.45, 2.75) is 33.2 Å². The Hall–Kier alpha value is -1.32. The van der Waals surface area contributed by atoms with E-state index in [9.17, 15) is 0 Å². The fourth-order valence-corrected chi connectivity index (χ4v) is 3.40. The zero-order valence-corrected chi connectivity index (χ0v) is 13.2. The van der Waals surface area contributed by atoms with Crippen LogP contribution in [0.3, 0.4) is 0 Å². The molecule has 1 aliphatic rings. The molecule has 1 N–H and O–H groups in total. The van der Waals surface area contributed by atoms with Gasteiger partial charge in [-0.05, 0) is 38.0 Å². The summed E-state index contributed by atoms with van der Waals surface area (Å²) >= 11 is 0. The molecule has 0 bridgehead atoms. The maximum absolute atomic E-state index is 5.96. The topological polar surface area (TPSA) is 28.4 Å². The van der Waals surface area contributed by atoms with Crippen LogP contribution in [0.15, 0.2) is 28.7 Å². The maximum atomic E-state index is 5.96. The van der Waals surface area contributed by atoms with Crippen molar-refractivity contribution in [1.29, 1.82) is 0 Å². The smallest absolute Gasteiger partial charge is 0.134 e. The molecule has 114 valence electrons. The fourth-order valence-electron chi connectivity index (χ4n) is 3.40. The summed E-state index contributed by atoms with van der Waals surface area (Å²) in [6, 6.07) is 8.37. The lowest BCUT2D eigenvalue weighted by molar-refractivity contribution is 0.339. The van der Waals surface area contributed by atoms with E-state index >= 15 is 0 Å². The minimum absolute atomic E-state index is 0.799. The van der Waals surface area contributed by atoms with Gasteiger partial charge in [-0.3, -0.25) is 0 Å². The molecule has 1 saturated heterocycles. The molecule has 2 heterocycles. The third-order valence-electron chi connectivity index (χ3n) is 4.66. The van der Waals surface area contributed by atoms with Crippen LogP contribution in [0.1, 0.15) is 31.6 Å². The molecule has 1 unspecified atom stereocenters. The lowest BCUT2D eigenvalue weighted by atomic mass is 10.1. The predicted molar refractivity (Wildman–Crippen MR) is 87.5 cm³/mol. The molecule has 1 aromatic heterocycles. The van der Waals surface area contributed by atoms with E-state index in [4.69, 9.17) is 4.42 Å². The third-order valence-corrected chi connectivity index (χ3v) is 4.66. The van der Waals surface area contributed by atoms with Crippen LogP contribution >= 0.6 is 0 Å². The van der Waals surface area contributed by atoms with Crippen molar-refractivity contribution >= 4 is 11.0 Å². The second-order valence-corrected chi connectivity index (χ2v) is 6.03. The molecule has 21 heavy (non-hydrogen) atoms. The predicted octanol–water partition coefficient (Wildman–Crippen LogP) is 3.43. The second kappa shape index (κ2) is 6.63. The van der Waals surface area contributed by atoms with Crippen molar-refractivity contribution in [2.24, 2.45) is 5.92 Å². The molecule has 0 amide bonds. The van der Waals surface area contributed by atoms with Gasteiger partial charge in [0.25, 0.3) is 0 Å². The van der Waals surface area contributed by atoms with E-state index in [2.05, 4.69) is 42.3 Å². The van der Waals surface area contributed by atoms with Gasteiger partial charge in [0.15, 0.2) is 0 Å². The third kappa shape index (κ3) is 3.14. The van der Waals surface area contributed by atoms with Gasteiger partial charge in [-0.15, -0.1) is 0 Å². The van der Waals surface area contributed by atoms with Crippen LogP contribution in [0.2, 0.25) is 0 Å². The summed E-state index contributed by atoms with van der Waals surface area (Å²) in [5, 5.41) is 4.92. The number of aryl methyl sites for hydroxylation is 1. The van der Waals surface area contributed by atoms with Crippen LogP contribution in [0.5, 0.6) is 0 Å². The first kappa shape index (κ1) is 14.6. The number of likely N-dealkylation sites (tertiary alicyclic amines) is 1. The molecule has 1 fully saturated rings. The molecule has 1 atom stereocenters. The Morgan fingerprint density at radius 2 is 2.14 bits per heavy atom. The molecule has 0 saturated carbocycles. The van der Waals surface area contributed by atoms with E-state index in [1.165, 1.54) is 37.0 Å². The van der Waals surface area contributed by atoms with E-state index in [0.29, 0.717) is 0 Å². The summed E-state index contributed by atoms with van der Waals surface area (Å²) in [4.78, 5) is 2.54. The normalized spacial score (nSPS) is 19.6. The molecule has 3 heteroatoms. The monoisotopic (exact) mass is 286 g/mol. The van der Waals surface area contributed by atoms with Crippen molar-refractivity contribution in [3.05, 3.63) is 35.6 Å². The SMILES string of the molecule is CCc1oc2ccccc2c1CNCC1CCN(CC)C1. The number of fused-ring (bicyclic) bond motifs is 1. The van der Waals surface area contributed by atoms with E-state index in [1.807, 2.05) is 6.07 Å². The highest BCUT2D eigenvalue weighted by atomic mass is 16.3. The molecule has 2 aromatic rings. The van der Waals surface area contributed by atoms with Crippen molar-refractivity contribution < 1.29 is 4.42 Å². The zero-order valence-electron chi connectivity index (χ0n) is 13.2. The first-order valence-corrected chi connectivity index (χ1v) is 8.24. The number of para-hydroxylation sites is 1. The number of nitrogens with one attached hydrogen (secondary N) is 1. The number of rotatable bonds is 6. The average molecular weight is 286 g/mol. The van der Waals surface area contributed by atoms with Crippen molar-refractivity contribution in [2.75, 3.05) is 26.2 Å². The second-order valence-electron chi connectivity index (χ2n) is 6.03. The molecule has 0 radical (unpaired) electrons. The quantitative estimate of drug-likeness (QED) is 0.882.